The number of hydrogen-bond acceptors (Lipinski definition) is 5. The molecule has 0 bridgehead atoms. The van der Waals surface area contributed by atoms with E-state index in [1.807, 2.05) is 7.05 Å². The van der Waals surface area contributed by atoms with Crippen LogP contribution in [0.5, 0.6) is 0 Å². The Morgan fingerprint density at radius 2 is 1.80 bits per heavy atom. The fourth-order valence-corrected chi connectivity index (χ4v) is 8.07. The summed E-state index contributed by atoms with van der Waals surface area (Å²) in [6.45, 7) is 6.28. The van der Waals surface area contributed by atoms with E-state index in [4.69, 9.17) is 0 Å². The summed E-state index contributed by atoms with van der Waals surface area (Å²) in [5.41, 5.74) is -0.443. The molecule has 1 saturated carbocycles. The number of halogens is 3. The highest BCUT2D eigenvalue weighted by atomic mass is 32.2. The molecule has 224 valence electrons. The van der Waals surface area contributed by atoms with Crippen molar-refractivity contribution >= 4 is 21.7 Å². The Hall–Kier alpha value is -2.92. The standard InChI is InChI=1S/C30H38F3N3O4S/c1-19(2)35(4)24-12-13-26(22(17-24)18-41(39,40)27-11-6-5-8-20(27)3)36-15-14-25(29(36)38)34-28(37)21-9-7-10-23(16-21)30(31,32)33/h5-11,16,19,22,24-26H,12-15,17-18H2,1-4H3,(H,34,37)/t22-,24+,25-,26-/m0/s1. The number of hydrogen-bond donors (Lipinski definition) is 1. The molecule has 0 radical (unpaired) electrons. The smallest absolute Gasteiger partial charge is 0.340 e. The first-order chi connectivity index (χ1) is 19.2. The number of rotatable bonds is 8. The van der Waals surface area contributed by atoms with Gasteiger partial charge in [-0.3, -0.25) is 9.59 Å². The number of nitrogens with one attached hydrogen (secondary N) is 1. The minimum absolute atomic E-state index is 0.101. The van der Waals surface area contributed by atoms with E-state index in [1.165, 1.54) is 6.07 Å². The maximum absolute atomic E-state index is 13.6. The van der Waals surface area contributed by atoms with Crippen molar-refractivity contribution in [3.63, 3.8) is 0 Å². The Morgan fingerprint density at radius 1 is 1.10 bits per heavy atom. The Morgan fingerprint density at radius 3 is 2.46 bits per heavy atom. The van der Waals surface area contributed by atoms with Gasteiger partial charge in [-0.2, -0.15) is 13.2 Å². The number of aryl methyl sites for hydroxylation is 1. The molecule has 1 aliphatic heterocycles. The molecule has 0 aromatic heterocycles. The highest BCUT2D eigenvalue weighted by Crippen LogP contribution is 2.36. The van der Waals surface area contributed by atoms with Gasteiger partial charge < -0.3 is 15.1 Å². The van der Waals surface area contributed by atoms with E-state index in [1.54, 1.807) is 36.1 Å². The van der Waals surface area contributed by atoms with Crippen LogP contribution in [0.3, 0.4) is 0 Å². The van der Waals surface area contributed by atoms with Gasteiger partial charge in [-0.05, 0) is 89.2 Å². The predicted molar refractivity (Wildman–Crippen MR) is 150 cm³/mol. The largest absolute Gasteiger partial charge is 0.416 e. The summed E-state index contributed by atoms with van der Waals surface area (Å²) >= 11 is 0. The van der Waals surface area contributed by atoms with Crippen LogP contribution < -0.4 is 5.32 Å². The maximum Gasteiger partial charge on any atom is 0.416 e. The molecule has 1 N–H and O–H groups in total. The molecule has 0 unspecified atom stereocenters. The van der Waals surface area contributed by atoms with Crippen LogP contribution in [0.25, 0.3) is 0 Å². The Kier molecular flexibility index (Phi) is 9.18. The van der Waals surface area contributed by atoms with Crippen LogP contribution in [0, 0.1) is 12.8 Å². The van der Waals surface area contributed by atoms with Crippen molar-refractivity contribution in [3.8, 4) is 0 Å². The molecule has 2 aromatic rings. The molecule has 4 atom stereocenters. The molecular formula is C30H38F3N3O4S. The number of sulfone groups is 1. The molecule has 41 heavy (non-hydrogen) atoms. The van der Waals surface area contributed by atoms with Crippen molar-refractivity contribution in [1.82, 2.24) is 15.1 Å². The number of nitrogens with zero attached hydrogens (tertiary/aromatic N) is 2. The van der Waals surface area contributed by atoms with Gasteiger partial charge in [0.05, 0.1) is 16.2 Å². The van der Waals surface area contributed by atoms with E-state index in [2.05, 4.69) is 24.1 Å². The van der Waals surface area contributed by atoms with Crippen LogP contribution in [-0.4, -0.2) is 73.5 Å². The van der Waals surface area contributed by atoms with E-state index in [-0.39, 0.29) is 46.2 Å². The summed E-state index contributed by atoms with van der Waals surface area (Å²) in [7, 11) is -1.61. The van der Waals surface area contributed by atoms with Gasteiger partial charge in [-0.1, -0.05) is 24.3 Å². The lowest BCUT2D eigenvalue weighted by Gasteiger charge is -2.44. The monoisotopic (exact) mass is 593 g/mol. The number of carbonyl (C=O) groups excluding carboxylic acids is 2. The average Bonchev–Trinajstić information content (AvgIpc) is 3.27. The van der Waals surface area contributed by atoms with Crippen molar-refractivity contribution in [1.29, 1.82) is 0 Å². The lowest BCUT2D eigenvalue weighted by Crippen LogP contribution is -2.53. The van der Waals surface area contributed by atoms with Gasteiger partial charge in [0.2, 0.25) is 5.91 Å². The molecule has 1 aliphatic carbocycles. The summed E-state index contributed by atoms with van der Waals surface area (Å²) in [6.07, 6.45) is -2.27. The Labute approximate surface area is 240 Å². The number of carbonyl (C=O) groups is 2. The van der Waals surface area contributed by atoms with Crippen LogP contribution in [0.1, 0.15) is 61.0 Å². The predicted octanol–water partition coefficient (Wildman–Crippen LogP) is 4.70. The Bertz CT molecular complexity index is 1380. The fraction of sp³-hybridized carbons (Fsp3) is 0.533. The van der Waals surface area contributed by atoms with E-state index in [0.29, 0.717) is 31.4 Å². The van der Waals surface area contributed by atoms with Crippen molar-refractivity contribution in [2.45, 2.75) is 81.7 Å². The quantitative estimate of drug-likeness (QED) is 0.480. The van der Waals surface area contributed by atoms with E-state index in [0.717, 1.165) is 24.6 Å². The highest BCUT2D eigenvalue weighted by Gasteiger charge is 2.44. The van der Waals surface area contributed by atoms with Gasteiger partial charge >= 0.3 is 6.18 Å². The number of amides is 2. The third kappa shape index (κ3) is 6.94. The average molecular weight is 594 g/mol. The molecule has 2 amide bonds. The first-order valence-electron chi connectivity index (χ1n) is 14.0. The first-order valence-corrected chi connectivity index (χ1v) is 15.6. The van der Waals surface area contributed by atoms with E-state index < -0.39 is 33.5 Å². The minimum atomic E-state index is -4.59. The van der Waals surface area contributed by atoms with Gasteiger partial charge in [0.1, 0.15) is 6.04 Å². The second-order valence-electron chi connectivity index (χ2n) is 11.5. The van der Waals surface area contributed by atoms with E-state index >= 15 is 0 Å². The number of likely N-dealkylation sites (tertiary alicyclic amines) is 1. The molecule has 0 spiro atoms. The molecule has 7 nitrogen and oxygen atoms in total. The van der Waals surface area contributed by atoms with Crippen molar-refractivity contribution < 1.29 is 31.2 Å². The second kappa shape index (κ2) is 12.1. The van der Waals surface area contributed by atoms with Crippen molar-refractivity contribution in [2.75, 3.05) is 19.3 Å². The zero-order valence-corrected chi connectivity index (χ0v) is 24.6. The molecule has 11 heteroatoms. The zero-order valence-electron chi connectivity index (χ0n) is 23.8. The zero-order chi connectivity index (χ0) is 30.1. The van der Waals surface area contributed by atoms with Crippen LogP contribution in [0.15, 0.2) is 53.4 Å². The third-order valence-electron chi connectivity index (χ3n) is 8.56. The normalized spacial score (nSPS) is 23.8. The summed E-state index contributed by atoms with van der Waals surface area (Å²) in [4.78, 5) is 30.5. The van der Waals surface area contributed by atoms with Crippen LogP contribution in [0.2, 0.25) is 0 Å². The van der Waals surface area contributed by atoms with Gasteiger partial charge in [0, 0.05) is 30.2 Å². The molecular weight excluding hydrogens is 555 g/mol. The van der Waals surface area contributed by atoms with E-state index in [9.17, 15) is 31.2 Å². The fourth-order valence-electron chi connectivity index (χ4n) is 6.12. The highest BCUT2D eigenvalue weighted by molar-refractivity contribution is 7.91. The summed E-state index contributed by atoms with van der Waals surface area (Å²) in [6, 6.07) is 10.2. The third-order valence-corrected chi connectivity index (χ3v) is 10.6. The van der Waals surface area contributed by atoms with Crippen molar-refractivity contribution in [3.05, 3.63) is 65.2 Å². The first kappa shape index (κ1) is 31.0. The van der Waals surface area contributed by atoms with Crippen molar-refractivity contribution in [2.24, 2.45) is 5.92 Å². The molecule has 2 aliphatic rings. The number of alkyl halides is 3. The summed E-state index contributed by atoms with van der Waals surface area (Å²) < 4.78 is 66.5. The molecule has 1 saturated heterocycles. The van der Waals surface area contributed by atoms with Crippen LogP contribution >= 0.6 is 0 Å². The van der Waals surface area contributed by atoms with Gasteiger partial charge in [0.25, 0.3) is 5.91 Å². The molecule has 1 heterocycles. The second-order valence-corrected chi connectivity index (χ2v) is 13.5. The summed E-state index contributed by atoms with van der Waals surface area (Å²) in [5, 5.41) is 2.61. The van der Waals surface area contributed by atoms with Gasteiger partial charge in [0.15, 0.2) is 9.84 Å². The maximum atomic E-state index is 13.6. The lowest BCUT2D eigenvalue weighted by molar-refractivity contribution is -0.137. The minimum Gasteiger partial charge on any atom is -0.340 e. The Balaban J connectivity index is 1.53. The molecule has 2 aromatic carbocycles. The number of benzene rings is 2. The SMILES string of the molecule is Cc1ccccc1S(=O)(=O)C[C@@H]1C[C@H](N(C)C(C)C)CC[C@@H]1N1CC[C@H](NC(=O)c2cccc(C(F)(F)F)c2)C1=O. The molecule has 4 rings (SSSR count). The van der Waals surface area contributed by atoms with Gasteiger partial charge in [-0.15, -0.1) is 0 Å². The molecule has 2 fully saturated rings. The lowest BCUT2D eigenvalue weighted by atomic mass is 9.81. The van der Waals surface area contributed by atoms with Gasteiger partial charge in [-0.25, -0.2) is 8.42 Å². The summed E-state index contributed by atoms with van der Waals surface area (Å²) in [5.74, 6) is -1.50. The van der Waals surface area contributed by atoms with Crippen LogP contribution in [-0.2, 0) is 20.8 Å². The topological polar surface area (TPSA) is 86.8 Å². The van der Waals surface area contributed by atoms with Crippen LogP contribution in [0.4, 0.5) is 13.2 Å².